The van der Waals surface area contributed by atoms with Crippen molar-refractivity contribution in [3.8, 4) is 0 Å². The zero-order valence-corrected chi connectivity index (χ0v) is 14.6. The molecule has 4 rings (SSSR count). The summed E-state index contributed by atoms with van der Waals surface area (Å²) in [6, 6.07) is 11.3. The first-order chi connectivity index (χ1) is 12.6. The highest BCUT2D eigenvalue weighted by Crippen LogP contribution is 2.31. The molecule has 0 atom stereocenters. The number of nitrogens with one attached hydrogen (secondary N) is 1. The van der Waals surface area contributed by atoms with Crippen LogP contribution < -0.4 is 10.2 Å². The fourth-order valence-electron chi connectivity index (χ4n) is 2.91. The Morgan fingerprint density at radius 1 is 1.08 bits per heavy atom. The van der Waals surface area contributed by atoms with E-state index in [1.807, 2.05) is 35.2 Å². The van der Waals surface area contributed by atoms with Gasteiger partial charge in [0.15, 0.2) is 10.9 Å². The molecule has 0 spiro atoms. The summed E-state index contributed by atoms with van der Waals surface area (Å²) in [5, 5.41) is 3.51. The van der Waals surface area contributed by atoms with Crippen molar-refractivity contribution in [3.63, 3.8) is 0 Å². The van der Waals surface area contributed by atoms with Crippen molar-refractivity contribution in [2.45, 2.75) is 0 Å². The molecule has 134 valence electrons. The first-order valence-electron chi connectivity index (χ1n) is 8.22. The van der Waals surface area contributed by atoms with Crippen LogP contribution in [-0.2, 0) is 0 Å². The third-order valence-electron chi connectivity index (χ3n) is 4.26. The van der Waals surface area contributed by atoms with Gasteiger partial charge < -0.3 is 15.1 Å². The van der Waals surface area contributed by atoms with Crippen LogP contribution in [0.5, 0.6) is 0 Å². The topological polar surface area (TPSA) is 48.5 Å². The van der Waals surface area contributed by atoms with E-state index in [2.05, 4.69) is 10.3 Å². The summed E-state index contributed by atoms with van der Waals surface area (Å²) < 4.78 is 27.7. The normalized spacial score (nSPS) is 14.7. The number of hydrogen-bond acceptors (Lipinski definition) is 4. The van der Waals surface area contributed by atoms with Gasteiger partial charge in [-0.05, 0) is 18.2 Å². The minimum Gasteiger partial charge on any atom is -0.345 e. The summed E-state index contributed by atoms with van der Waals surface area (Å²) in [4.78, 5) is 20.4. The van der Waals surface area contributed by atoms with Gasteiger partial charge >= 0.3 is 6.03 Å². The molecule has 0 aliphatic carbocycles. The highest BCUT2D eigenvalue weighted by molar-refractivity contribution is 7.22. The number of carbonyl (C=O) groups excluding carboxylic acids is 1. The lowest BCUT2D eigenvalue weighted by Gasteiger charge is -2.34. The predicted octanol–water partition coefficient (Wildman–Crippen LogP) is 3.93. The van der Waals surface area contributed by atoms with E-state index in [-0.39, 0.29) is 11.5 Å². The molecule has 5 nitrogen and oxygen atoms in total. The van der Waals surface area contributed by atoms with Crippen molar-refractivity contribution in [1.29, 1.82) is 0 Å². The van der Waals surface area contributed by atoms with Crippen molar-refractivity contribution in [3.05, 3.63) is 54.1 Å². The molecule has 2 amide bonds. The number of fused-ring (bicyclic) bond motifs is 1. The van der Waals surface area contributed by atoms with E-state index in [4.69, 9.17) is 0 Å². The smallest absolute Gasteiger partial charge is 0.321 e. The third kappa shape index (κ3) is 3.32. The molecule has 1 N–H and O–H groups in total. The Balaban J connectivity index is 1.42. The van der Waals surface area contributed by atoms with Gasteiger partial charge in [0.1, 0.15) is 11.3 Å². The number of urea groups is 1. The van der Waals surface area contributed by atoms with Gasteiger partial charge in [0.05, 0.1) is 4.70 Å². The fraction of sp³-hybridized carbons (Fsp3) is 0.222. The van der Waals surface area contributed by atoms with Gasteiger partial charge in [0.25, 0.3) is 0 Å². The van der Waals surface area contributed by atoms with E-state index in [9.17, 15) is 13.6 Å². The first-order valence-corrected chi connectivity index (χ1v) is 9.03. The number of nitrogens with zero attached hydrogens (tertiary/aromatic N) is 3. The molecule has 1 fully saturated rings. The average molecular weight is 374 g/mol. The maximum atomic E-state index is 13.8. The monoisotopic (exact) mass is 374 g/mol. The molecule has 1 saturated heterocycles. The largest absolute Gasteiger partial charge is 0.345 e. The van der Waals surface area contributed by atoms with Gasteiger partial charge in [-0.15, -0.1) is 0 Å². The molecule has 1 aromatic heterocycles. The highest BCUT2D eigenvalue weighted by Gasteiger charge is 2.23. The Bertz CT molecular complexity index is 939. The van der Waals surface area contributed by atoms with Gasteiger partial charge in [-0.1, -0.05) is 29.5 Å². The Morgan fingerprint density at radius 2 is 1.81 bits per heavy atom. The zero-order valence-electron chi connectivity index (χ0n) is 13.8. The van der Waals surface area contributed by atoms with Crippen LogP contribution in [0.4, 0.5) is 24.4 Å². The number of piperazine rings is 1. The molecule has 0 radical (unpaired) electrons. The predicted molar refractivity (Wildman–Crippen MR) is 98.8 cm³/mol. The van der Waals surface area contributed by atoms with Crippen LogP contribution >= 0.6 is 11.3 Å². The molecule has 3 aromatic rings. The maximum absolute atomic E-state index is 13.8. The highest BCUT2D eigenvalue weighted by atomic mass is 32.1. The standard InChI is InChI=1S/C18H16F2N4OS/c19-12-10-14(20)16-15(11-12)26-18(22-16)24-8-6-23(7-9-24)17(25)21-13-4-2-1-3-5-13/h1-5,10-11H,6-9H2,(H,21,25). The van der Waals surface area contributed by atoms with Gasteiger partial charge in [-0.3, -0.25) is 0 Å². The van der Waals surface area contributed by atoms with Crippen LogP contribution in [0, 0.1) is 11.6 Å². The summed E-state index contributed by atoms with van der Waals surface area (Å²) in [6.45, 7) is 2.25. The molecule has 0 bridgehead atoms. The van der Waals surface area contributed by atoms with E-state index in [1.165, 1.54) is 17.4 Å². The number of anilines is 2. The molecule has 2 aromatic carbocycles. The number of aromatic nitrogens is 1. The van der Waals surface area contributed by atoms with Crippen LogP contribution in [0.2, 0.25) is 0 Å². The molecule has 1 aliphatic rings. The quantitative estimate of drug-likeness (QED) is 0.739. The number of halogens is 2. The van der Waals surface area contributed by atoms with E-state index < -0.39 is 11.6 Å². The molecular formula is C18H16F2N4OS. The minimum atomic E-state index is -0.650. The van der Waals surface area contributed by atoms with Gasteiger partial charge in [0.2, 0.25) is 0 Å². The Labute approximate surface area is 152 Å². The van der Waals surface area contributed by atoms with Crippen LogP contribution in [0.15, 0.2) is 42.5 Å². The SMILES string of the molecule is O=C(Nc1ccccc1)N1CCN(c2nc3c(F)cc(F)cc3s2)CC1. The van der Waals surface area contributed by atoms with Crippen molar-refractivity contribution < 1.29 is 13.6 Å². The van der Waals surface area contributed by atoms with E-state index >= 15 is 0 Å². The number of carbonyl (C=O) groups is 1. The fourth-order valence-corrected chi connectivity index (χ4v) is 3.96. The molecular weight excluding hydrogens is 358 g/mol. The van der Waals surface area contributed by atoms with Crippen LogP contribution in [0.3, 0.4) is 0 Å². The molecule has 2 heterocycles. The van der Waals surface area contributed by atoms with Crippen molar-refractivity contribution >= 4 is 38.4 Å². The van der Waals surface area contributed by atoms with Crippen LogP contribution in [0.1, 0.15) is 0 Å². The number of para-hydroxylation sites is 1. The molecule has 26 heavy (non-hydrogen) atoms. The first kappa shape index (κ1) is 16.7. The summed E-state index contributed by atoms with van der Waals surface area (Å²) in [5.41, 5.74) is 0.944. The Morgan fingerprint density at radius 3 is 2.54 bits per heavy atom. The van der Waals surface area contributed by atoms with Gasteiger partial charge in [-0.25, -0.2) is 18.6 Å². The Kier molecular flexibility index (Phi) is 4.42. The van der Waals surface area contributed by atoms with Crippen LogP contribution in [-0.4, -0.2) is 42.1 Å². The van der Waals surface area contributed by atoms with Gasteiger partial charge in [-0.2, -0.15) is 0 Å². The molecule has 0 saturated carbocycles. The minimum absolute atomic E-state index is 0.145. The summed E-state index contributed by atoms with van der Waals surface area (Å²) in [6.07, 6.45) is 0. The molecule has 0 unspecified atom stereocenters. The summed E-state index contributed by atoms with van der Waals surface area (Å²) in [7, 11) is 0. The third-order valence-corrected chi connectivity index (χ3v) is 5.33. The lowest BCUT2D eigenvalue weighted by Crippen LogP contribution is -2.50. The van der Waals surface area contributed by atoms with Crippen molar-refractivity contribution in [2.75, 3.05) is 36.4 Å². The molecule has 1 aliphatic heterocycles. The van der Waals surface area contributed by atoms with Gasteiger partial charge in [0, 0.05) is 37.9 Å². The number of thiazole rings is 1. The van der Waals surface area contributed by atoms with E-state index in [1.54, 1.807) is 4.90 Å². The maximum Gasteiger partial charge on any atom is 0.321 e. The number of amides is 2. The number of hydrogen-bond donors (Lipinski definition) is 1. The number of benzene rings is 2. The Hall–Kier alpha value is -2.74. The summed E-state index contributed by atoms with van der Waals surface area (Å²) >= 11 is 1.26. The second-order valence-corrected chi connectivity index (χ2v) is 7.01. The van der Waals surface area contributed by atoms with Crippen molar-refractivity contribution in [1.82, 2.24) is 9.88 Å². The van der Waals surface area contributed by atoms with E-state index in [0.29, 0.717) is 36.0 Å². The lowest BCUT2D eigenvalue weighted by molar-refractivity contribution is 0.208. The van der Waals surface area contributed by atoms with E-state index in [0.717, 1.165) is 11.8 Å². The summed E-state index contributed by atoms with van der Waals surface area (Å²) in [5.74, 6) is -1.25. The number of rotatable bonds is 2. The average Bonchev–Trinajstić information content (AvgIpc) is 3.07. The zero-order chi connectivity index (χ0) is 18.1. The van der Waals surface area contributed by atoms with Crippen LogP contribution in [0.25, 0.3) is 10.2 Å². The second kappa shape index (κ2) is 6.87. The second-order valence-electron chi connectivity index (χ2n) is 6.00. The lowest BCUT2D eigenvalue weighted by atomic mass is 10.3. The van der Waals surface area contributed by atoms with Crippen molar-refractivity contribution in [2.24, 2.45) is 0 Å². The molecule has 8 heteroatoms.